The van der Waals surface area contributed by atoms with Crippen LogP contribution in [0.3, 0.4) is 0 Å². The first-order valence-corrected chi connectivity index (χ1v) is 6.98. The minimum atomic E-state index is -0.384. The second-order valence-corrected chi connectivity index (χ2v) is 6.05. The van der Waals surface area contributed by atoms with Gasteiger partial charge < -0.3 is 10.6 Å². The number of rotatable bonds is 6. The molecule has 0 aliphatic rings. The van der Waals surface area contributed by atoms with E-state index in [9.17, 15) is 14.9 Å². The number of nitro groups is 1. The first-order chi connectivity index (χ1) is 9.70. The molecule has 116 valence electrons. The molecular weight excluding hydrogens is 270 g/mol. The monoisotopic (exact) mass is 293 g/mol. The second-order valence-electron chi connectivity index (χ2n) is 6.05. The Kier molecular flexibility index (Phi) is 5.84. The standard InChI is InChI=1S/C15H23N3O3/c1-11(14(19)17-15(2,3)4)16-10-9-12-7-5-6-8-13(12)18(20)21/h5-8,11,16H,9-10H2,1-4H3,(H,17,19). The molecule has 1 aromatic carbocycles. The van der Waals surface area contributed by atoms with E-state index in [0.717, 1.165) is 0 Å². The summed E-state index contributed by atoms with van der Waals surface area (Å²) in [6.07, 6.45) is 0.504. The fourth-order valence-corrected chi connectivity index (χ4v) is 1.89. The summed E-state index contributed by atoms with van der Waals surface area (Å²) in [5.41, 5.74) is 0.509. The zero-order chi connectivity index (χ0) is 16.0. The number of nitro benzene ring substituents is 1. The van der Waals surface area contributed by atoms with Gasteiger partial charge >= 0.3 is 0 Å². The highest BCUT2D eigenvalue weighted by molar-refractivity contribution is 5.81. The Hall–Kier alpha value is -1.95. The van der Waals surface area contributed by atoms with Gasteiger partial charge in [0.15, 0.2) is 0 Å². The van der Waals surface area contributed by atoms with Crippen molar-refractivity contribution in [1.29, 1.82) is 0 Å². The van der Waals surface area contributed by atoms with Crippen molar-refractivity contribution in [2.75, 3.05) is 6.54 Å². The Morgan fingerprint density at radius 2 is 1.95 bits per heavy atom. The van der Waals surface area contributed by atoms with Crippen LogP contribution in [0.2, 0.25) is 0 Å². The van der Waals surface area contributed by atoms with E-state index in [0.29, 0.717) is 18.5 Å². The molecule has 6 nitrogen and oxygen atoms in total. The number of nitrogens with one attached hydrogen (secondary N) is 2. The molecule has 1 unspecified atom stereocenters. The van der Waals surface area contributed by atoms with Crippen LogP contribution in [-0.2, 0) is 11.2 Å². The predicted molar refractivity (Wildman–Crippen MR) is 82.2 cm³/mol. The smallest absolute Gasteiger partial charge is 0.272 e. The zero-order valence-corrected chi connectivity index (χ0v) is 13.0. The molecule has 1 rings (SSSR count). The highest BCUT2D eigenvalue weighted by Crippen LogP contribution is 2.17. The molecule has 0 aromatic heterocycles. The van der Waals surface area contributed by atoms with Crippen LogP contribution >= 0.6 is 0 Å². The quantitative estimate of drug-likeness (QED) is 0.621. The molecule has 0 radical (unpaired) electrons. The van der Waals surface area contributed by atoms with Crippen LogP contribution in [0.25, 0.3) is 0 Å². The van der Waals surface area contributed by atoms with Gasteiger partial charge in [0, 0.05) is 23.7 Å². The summed E-state index contributed by atoms with van der Waals surface area (Å²) in [4.78, 5) is 22.4. The van der Waals surface area contributed by atoms with Gasteiger partial charge in [0.2, 0.25) is 5.91 Å². The van der Waals surface area contributed by atoms with E-state index in [-0.39, 0.29) is 28.1 Å². The summed E-state index contributed by atoms with van der Waals surface area (Å²) in [6, 6.07) is 6.31. The minimum absolute atomic E-state index is 0.0786. The molecule has 0 saturated heterocycles. The molecule has 0 aliphatic carbocycles. The number of nitrogens with zero attached hydrogens (tertiary/aromatic N) is 1. The number of carbonyl (C=O) groups is 1. The lowest BCUT2D eigenvalue weighted by Gasteiger charge is -2.23. The van der Waals surface area contributed by atoms with Gasteiger partial charge in [0.25, 0.3) is 5.69 Å². The van der Waals surface area contributed by atoms with E-state index in [1.165, 1.54) is 6.07 Å². The van der Waals surface area contributed by atoms with Crippen LogP contribution in [0.4, 0.5) is 5.69 Å². The zero-order valence-electron chi connectivity index (χ0n) is 13.0. The van der Waals surface area contributed by atoms with Gasteiger partial charge in [-0.15, -0.1) is 0 Å². The van der Waals surface area contributed by atoms with E-state index in [1.807, 2.05) is 20.8 Å². The SMILES string of the molecule is CC(NCCc1ccccc1[N+](=O)[O-])C(=O)NC(C)(C)C. The lowest BCUT2D eigenvalue weighted by molar-refractivity contribution is -0.385. The summed E-state index contributed by atoms with van der Waals surface area (Å²) in [7, 11) is 0. The lowest BCUT2D eigenvalue weighted by atomic mass is 10.1. The van der Waals surface area contributed by atoms with Gasteiger partial charge in [-0.3, -0.25) is 14.9 Å². The molecule has 6 heteroatoms. The Bertz CT molecular complexity index is 509. The van der Waals surface area contributed by atoms with Crippen LogP contribution in [-0.4, -0.2) is 29.0 Å². The molecule has 0 saturated carbocycles. The fourth-order valence-electron chi connectivity index (χ4n) is 1.89. The summed E-state index contributed by atoms with van der Waals surface area (Å²) in [6.45, 7) is 8.05. The molecule has 1 amide bonds. The Morgan fingerprint density at radius 3 is 2.52 bits per heavy atom. The Morgan fingerprint density at radius 1 is 1.33 bits per heavy atom. The largest absolute Gasteiger partial charge is 0.350 e. The molecule has 0 bridgehead atoms. The average Bonchev–Trinajstić information content (AvgIpc) is 2.36. The van der Waals surface area contributed by atoms with Crippen molar-refractivity contribution in [3.63, 3.8) is 0 Å². The maximum Gasteiger partial charge on any atom is 0.272 e. The highest BCUT2D eigenvalue weighted by Gasteiger charge is 2.19. The number of amides is 1. The third kappa shape index (κ3) is 5.91. The summed E-state index contributed by atoms with van der Waals surface area (Å²) in [5, 5.41) is 16.9. The first kappa shape index (κ1) is 17.1. The van der Waals surface area contributed by atoms with Crippen molar-refractivity contribution in [3.05, 3.63) is 39.9 Å². The van der Waals surface area contributed by atoms with Crippen molar-refractivity contribution in [2.45, 2.75) is 45.7 Å². The predicted octanol–water partition coefficient (Wildman–Crippen LogP) is 2.03. The van der Waals surface area contributed by atoms with Crippen LogP contribution in [0.1, 0.15) is 33.3 Å². The third-order valence-corrected chi connectivity index (χ3v) is 2.92. The van der Waals surface area contributed by atoms with E-state index >= 15 is 0 Å². The molecule has 1 atom stereocenters. The van der Waals surface area contributed by atoms with Crippen LogP contribution < -0.4 is 10.6 Å². The Labute approximate surface area is 125 Å². The molecular formula is C15H23N3O3. The van der Waals surface area contributed by atoms with Gasteiger partial charge in [0.05, 0.1) is 11.0 Å². The highest BCUT2D eigenvalue weighted by atomic mass is 16.6. The van der Waals surface area contributed by atoms with E-state index < -0.39 is 0 Å². The van der Waals surface area contributed by atoms with Crippen molar-refractivity contribution in [3.8, 4) is 0 Å². The maximum atomic E-state index is 11.9. The molecule has 21 heavy (non-hydrogen) atoms. The second kappa shape index (κ2) is 7.17. The van der Waals surface area contributed by atoms with Crippen molar-refractivity contribution in [2.24, 2.45) is 0 Å². The van der Waals surface area contributed by atoms with Gasteiger partial charge in [0.1, 0.15) is 0 Å². The van der Waals surface area contributed by atoms with Crippen LogP contribution in [0.5, 0.6) is 0 Å². The number of benzene rings is 1. The molecule has 0 spiro atoms. The normalized spacial score (nSPS) is 12.8. The van der Waals surface area contributed by atoms with E-state index in [4.69, 9.17) is 0 Å². The minimum Gasteiger partial charge on any atom is -0.350 e. The fraction of sp³-hybridized carbons (Fsp3) is 0.533. The third-order valence-electron chi connectivity index (χ3n) is 2.92. The van der Waals surface area contributed by atoms with Gasteiger partial charge in [-0.05, 0) is 34.1 Å². The number of hydrogen-bond acceptors (Lipinski definition) is 4. The van der Waals surface area contributed by atoms with Crippen molar-refractivity contribution >= 4 is 11.6 Å². The lowest BCUT2D eigenvalue weighted by Crippen LogP contribution is -2.49. The van der Waals surface area contributed by atoms with Gasteiger partial charge in [-0.25, -0.2) is 0 Å². The van der Waals surface area contributed by atoms with E-state index in [1.54, 1.807) is 25.1 Å². The number of carbonyl (C=O) groups excluding carboxylic acids is 1. The van der Waals surface area contributed by atoms with E-state index in [2.05, 4.69) is 10.6 Å². The van der Waals surface area contributed by atoms with Crippen molar-refractivity contribution < 1.29 is 9.72 Å². The molecule has 1 aromatic rings. The number of hydrogen-bond donors (Lipinski definition) is 2. The van der Waals surface area contributed by atoms with Crippen LogP contribution in [0, 0.1) is 10.1 Å². The topological polar surface area (TPSA) is 84.3 Å². The maximum absolute atomic E-state index is 11.9. The number of para-hydroxylation sites is 1. The summed E-state index contributed by atoms with van der Waals surface area (Å²) in [5.74, 6) is -0.0786. The first-order valence-electron chi connectivity index (χ1n) is 6.98. The van der Waals surface area contributed by atoms with Gasteiger partial charge in [-0.1, -0.05) is 18.2 Å². The average molecular weight is 293 g/mol. The van der Waals surface area contributed by atoms with Crippen molar-refractivity contribution in [1.82, 2.24) is 10.6 Å². The summed E-state index contributed by atoms with van der Waals surface area (Å²) >= 11 is 0. The summed E-state index contributed by atoms with van der Waals surface area (Å²) < 4.78 is 0. The molecule has 0 fully saturated rings. The van der Waals surface area contributed by atoms with Gasteiger partial charge in [-0.2, -0.15) is 0 Å². The Balaban J connectivity index is 2.50. The van der Waals surface area contributed by atoms with Crippen LogP contribution in [0.15, 0.2) is 24.3 Å². The molecule has 0 heterocycles. The molecule has 0 aliphatic heterocycles. The molecule has 2 N–H and O–H groups in total.